The van der Waals surface area contributed by atoms with Gasteiger partial charge in [-0.15, -0.1) is 0 Å². The minimum absolute atomic E-state index is 0.0280. The van der Waals surface area contributed by atoms with E-state index in [-0.39, 0.29) is 16.9 Å². The lowest BCUT2D eigenvalue weighted by atomic mass is 9.60. The highest BCUT2D eigenvalue weighted by Crippen LogP contribution is 2.57. The van der Waals surface area contributed by atoms with Crippen molar-refractivity contribution >= 4 is 17.6 Å². The fourth-order valence-corrected chi connectivity index (χ4v) is 6.26. The van der Waals surface area contributed by atoms with Crippen molar-refractivity contribution in [2.45, 2.75) is 40.0 Å². The summed E-state index contributed by atoms with van der Waals surface area (Å²) in [7, 11) is 1.63. The molecule has 2 spiro atoms. The predicted octanol–water partition coefficient (Wildman–Crippen LogP) is 3.52. The van der Waals surface area contributed by atoms with Crippen molar-refractivity contribution in [3.63, 3.8) is 0 Å². The van der Waals surface area contributed by atoms with Crippen molar-refractivity contribution in [3.8, 4) is 5.75 Å². The quantitative estimate of drug-likeness (QED) is 0.758. The van der Waals surface area contributed by atoms with Crippen molar-refractivity contribution in [3.05, 3.63) is 24.3 Å². The predicted molar refractivity (Wildman–Crippen MR) is 126 cm³/mol. The Balaban J connectivity index is 1.46. The number of hydrogen-bond acceptors (Lipinski definition) is 4. The number of ether oxygens (including phenoxy) is 1. The van der Waals surface area contributed by atoms with E-state index in [9.17, 15) is 9.59 Å². The Morgan fingerprint density at radius 3 is 2.34 bits per heavy atom. The standard InChI is InChI=1S/C25H38N4O3/c1-5-28-15-12-25(22(28)30)18-27(16-19(2)3)17-24(25)10-13-29(14-11-24)23(31)26-20-6-8-21(32-4)9-7-20/h6-9,19H,5,10-18H2,1-4H3,(H,26,31). The maximum atomic E-state index is 13.6. The summed E-state index contributed by atoms with van der Waals surface area (Å²) < 4.78 is 5.19. The second kappa shape index (κ2) is 8.93. The van der Waals surface area contributed by atoms with Gasteiger partial charge in [-0.25, -0.2) is 4.79 Å². The minimum atomic E-state index is -0.281. The first-order chi connectivity index (χ1) is 15.3. The Kier molecular flexibility index (Phi) is 6.39. The van der Waals surface area contributed by atoms with Crippen LogP contribution in [-0.2, 0) is 4.79 Å². The fraction of sp³-hybridized carbons (Fsp3) is 0.680. The molecule has 1 atom stereocenters. The summed E-state index contributed by atoms with van der Waals surface area (Å²) in [5.74, 6) is 1.70. The SMILES string of the molecule is CCN1CCC2(CN(CC(C)C)CC23CCN(C(=O)Nc2ccc(OC)cc2)CC3)C1=O. The van der Waals surface area contributed by atoms with E-state index in [1.165, 1.54) is 0 Å². The molecule has 1 aromatic carbocycles. The van der Waals surface area contributed by atoms with Gasteiger partial charge in [0.1, 0.15) is 5.75 Å². The number of piperidine rings is 1. The Bertz CT molecular complexity index is 832. The van der Waals surface area contributed by atoms with Gasteiger partial charge in [0.05, 0.1) is 12.5 Å². The lowest BCUT2D eigenvalue weighted by Gasteiger charge is -2.47. The van der Waals surface area contributed by atoms with E-state index >= 15 is 0 Å². The van der Waals surface area contributed by atoms with Gasteiger partial charge in [0.25, 0.3) is 0 Å². The number of hydrogen-bond donors (Lipinski definition) is 1. The molecule has 0 aliphatic carbocycles. The van der Waals surface area contributed by atoms with Gasteiger partial charge in [0.15, 0.2) is 0 Å². The highest BCUT2D eigenvalue weighted by molar-refractivity contribution is 5.90. The number of anilines is 1. The summed E-state index contributed by atoms with van der Waals surface area (Å²) >= 11 is 0. The lowest BCUT2D eigenvalue weighted by molar-refractivity contribution is -0.141. The van der Waals surface area contributed by atoms with E-state index in [1.54, 1.807) is 7.11 Å². The molecule has 1 unspecified atom stereocenters. The Morgan fingerprint density at radius 1 is 1.09 bits per heavy atom. The third-order valence-electron chi connectivity index (χ3n) is 7.89. The van der Waals surface area contributed by atoms with Crippen LogP contribution in [0.5, 0.6) is 5.75 Å². The number of nitrogens with zero attached hydrogens (tertiary/aromatic N) is 3. The van der Waals surface area contributed by atoms with Crippen LogP contribution in [0.3, 0.4) is 0 Å². The van der Waals surface area contributed by atoms with Crippen LogP contribution in [0.15, 0.2) is 24.3 Å². The number of nitrogens with one attached hydrogen (secondary N) is 1. The molecular formula is C25H38N4O3. The molecule has 7 nitrogen and oxygen atoms in total. The number of fused-ring (bicyclic) bond motifs is 1. The third-order valence-corrected chi connectivity index (χ3v) is 7.89. The number of amides is 3. The molecule has 176 valence electrons. The van der Waals surface area contributed by atoms with Crippen molar-refractivity contribution in [1.29, 1.82) is 0 Å². The van der Waals surface area contributed by atoms with Crippen LogP contribution >= 0.6 is 0 Å². The molecule has 1 aromatic rings. The molecule has 1 N–H and O–H groups in total. The van der Waals surface area contributed by atoms with Crippen molar-refractivity contribution < 1.29 is 14.3 Å². The topological polar surface area (TPSA) is 65.1 Å². The van der Waals surface area contributed by atoms with Crippen LogP contribution in [0.25, 0.3) is 0 Å². The van der Waals surface area contributed by atoms with Gasteiger partial charge in [0.2, 0.25) is 5.91 Å². The van der Waals surface area contributed by atoms with E-state index < -0.39 is 0 Å². The van der Waals surface area contributed by atoms with Gasteiger partial charge >= 0.3 is 6.03 Å². The molecule has 3 heterocycles. The largest absolute Gasteiger partial charge is 0.497 e. The monoisotopic (exact) mass is 442 g/mol. The van der Waals surface area contributed by atoms with Crippen molar-refractivity contribution in [1.82, 2.24) is 14.7 Å². The van der Waals surface area contributed by atoms with Gasteiger partial charge in [0, 0.05) is 56.9 Å². The molecule has 3 aliphatic heterocycles. The maximum Gasteiger partial charge on any atom is 0.321 e. The first-order valence-corrected chi connectivity index (χ1v) is 12.0. The zero-order valence-electron chi connectivity index (χ0n) is 20.0. The lowest BCUT2D eigenvalue weighted by Crippen LogP contribution is -2.54. The molecule has 0 saturated carbocycles. The number of carbonyl (C=O) groups excluding carboxylic acids is 2. The number of likely N-dealkylation sites (tertiary alicyclic amines) is 3. The smallest absolute Gasteiger partial charge is 0.321 e. The van der Waals surface area contributed by atoms with E-state index in [2.05, 4.69) is 31.0 Å². The highest BCUT2D eigenvalue weighted by Gasteiger charge is 2.64. The number of urea groups is 1. The number of benzene rings is 1. The molecule has 7 heteroatoms. The molecule has 0 radical (unpaired) electrons. The average molecular weight is 443 g/mol. The van der Waals surface area contributed by atoms with Crippen LogP contribution in [0, 0.1) is 16.7 Å². The van der Waals surface area contributed by atoms with E-state index in [1.807, 2.05) is 34.1 Å². The molecule has 3 fully saturated rings. The summed E-state index contributed by atoms with van der Waals surface area (Å²) in [4.78, 5) is 33.0. The van der Waals surface area contributed by atoms with Crippen LogP contribution in [-0.4, -0.2) is 79.6 Å². The molecule has 32 heavy (non-hydrogen) atoms. The van der Waals surface area contributed by atoms with E-state index in [4.69, 9.17) is 4.74 Å². The van der Waals surface area contributed by atoms with Gasteiger partial charge in [-0.05, 0) is 56.4 Å². The van der Waals surface area contributed by atoms with E-state index in [0.29, 0.717) is 24.9 Å². The number of rotatable bonds is 5. The molecular weight excluding hydrogens is 404 g/mol. The Morgan fingerprint density at radius 2 is 1.78 bits per heavy atom. The van der Waals surface area contributed by atoms with Crippen LogP contribution in [0.4, 0.5) is 10.5 Å². The van der Waals surface area contributed by atoms with Crippen molar-refractivity contribution in [2.24, 2.45) is 16.7 Å². The first-order valence-electron chi connectivity index (χ1n) is 12.0. The van der Waals surface area contributed by atoms with Gasteiger partial charge < -0.3 is 24.8 Å². The molecule has 3 saturated heterocycles. The Labute approximate surface area is 192 Å². The summed E-state index contributed by atoms with van der Waals surface area (Å²) in [5, 5.41) is 3.01. The summed E-state index contributed by atoms with van der Waals surface area (Å²) in [6.07, 6.45) is 2.73. The first kappa shape index (κ1) is 22.9. The van der Waals surface area contributed by atoms with Crippen LogP contribution < -0.4 is 10.1 Å². The number of methoxy groups -OCH3 is 1. The zero-order valence-corrected chi connectivity index (χ0v) is 20.0. The third kappa shape index (κ3) is 3.96. The van der Waals surface area contributed by atoms with Gasteiger partial charge in [-0.2, -0.15) is 0 Å². The molecule has 0 aromatic heterocycles. The van der Waals surface area contributed by atoms with Gasteiger partial charge in [-0.1, -0.05) is 13.8 Å². The Hall–Kier alpha value is -2.28. The second-order valence-corrected chi connectivity index (χ2v) is 10.2. The molecule has 4 rings (SSSR count). The molecule has 0 bridgehead atoms. The maximum absolute atomic E-state index is 13.6. The van der Waals surface area contributed by atoms with Crippen LogP contribution in [0.2, 0.25) is 0 Å². The van der Waals surface area contributed by atoms with Crippen molar-refractivity contribution in [2.75, 3.05) is 58.2 Å². The minimum Gasteiger partial charge on any atom is -0.497 e. The molecule has 3 aliphatic rings. The normalized spacial score (nSPS) is 25.3. The second-order valence-electron chi connectivity index (χ2n) is 10.2. The summed E-state index contributed by atoms with van der Waals surface area (Å²) in [5.41, 5.74) is 0.456. The highest BCUT2D eigenvalue weighted by atomic mass is 16.5. The average Bonchev–Trinajstić information content (AvgIpc) is 3.25. The summed E-state index contributed by atoms with van der Waals surface area (Å²) in [6.45, 7) is 12.5. The van der Waals surface area contributed by atoms with E-state index in [0.717, 1.165) is 63.4 Å². The number of carbonyl (C=O) groups is 2. The summed E-state index contributed by atoms with van der Waals surface area (Å²) in [6, 6.07) is 7.34. The zero-order chi connectivity index (χ0) is 22.9. The van der Waals surface area contributed by atoms with Gasteiger partial charge in [-0.3, -0.25) is 4.79 Å². The van der Waals surface area contributed by atoms with Crippen LogP contribution in [0.1, 0.15) is 40.0 Å². The fourth-order valence-electron chi connectivity index (χ4n) is 6.26. The molecule has 3 amide bonds.